The molecule has 57 heavy (non-hydrogen) atoms. The van der Waals surface area contributed by atoms with Crippen LogP contribution in [0.3, 0.4) is 0 Å². The third-order valence-corrected chi connectivity index (χ3v) is 10.1. The Bertz CT molecular complexity index is 1820. The first-order valence-electron chi connectivity index (χ1n) is 19.5. The Balaban J connectivity index is 1.29. The van der Waals surface area contributed by atoms with Gasteiger partial charge in [-0.05, 0) is 64.0 Å². The van der Waals surface area contributed by atoms with E-state index in [1.807, 2.05) is 11.1 Å². The number of aromatic amines is 1. The minimum Gasteiger partial charge on any atom is -0.413 e. The van der Waals surface area contributed by atoms with Crippen LogP contribution in [0.4, 0.5) is 4.39 Å². The standard InChI is InChI=1S/C42H59FN5O8P/c1-3-4-5-6-7-8-9-10-11-12-13-14-15-16-17-18-19-20-24-27-37(49)45-31-29-44-30-32-46-57(53,56-35-25-22-21-23-26-35)54-34-36-39(51)42(2,43)40(55-36)48-33-28-38(50)47-41(48)52/h4-5,7-8,10-11,13-14,16-17,19-23,25-26,28,33,36,39-40,44,51H,3,6,9,12,15,18,24,27,29-32,34H2,1-2H3,(H,45,49)(H,46,53)(H,47,50,52). The van der Waals surface area contributed by atoms with E-state index in [1.165, 1.54) is 0 Å². The number of alkyl halides is 1. The smallest absolute Gasteiger partial charge is 0.413 e. The minimum atomic E-state index is -4.09. The predicted octanol–water partition coefficient (Wildman–Crippen LogP) is 6.50. The molecule has 2 heterocycles. The maximum absolute atomic E-state index is 15.6. The molecule has 13 nitrogen and oxygen atoms in total. The van der Waals surface area contributed by atoms with Crippen LogP contribution >= 0.6 is 7.75 Å². The third-order valence-electron chi connectivity index (χ3n) is 8.56. The molecule has 3 rings (SSSR count). The number of benzene rings is 1. The van der Waals surface area contributed by atoms with Gasteiger partial charge in [-0.15, -0.1) is 0 Å². The molecule has 1 aliphatic heterocycles. The largest absolute Gasteiger partial charge is 0.458 e. The van der Waals surface area contributed by atoms with Crippen LogP contribution in [0.2, 0.25) is 0 Å². The van der Waals surface area contributed by atoms with E-state index in [0.29, 0.717) is 32.5 Å². The summed E-state index contributed by atoms with van der Waals surface area (Å²) in [5.74, 6) is 0.186. The predicted molar refractivity (Wildman–Crippen MR) is 223 cm³/mol. The highest BCUT2D eigenvalue weighted by atomic mass is 31.2. The van der Waals surface area contributed by atoms with E-state index in [-0.39, 0.29) is 18.2 Å². The van der Waals surface area contributed by atoms with Crippen LogP contribution in [0.5, 0.6) is 5.75 Å². The van der Waals surface area contributed by atoms with Crippen molar-refractivity contribution >= 4 is 13.7 Å². The summed E-state index contributed by atoms with van der Waals surface area (Å²) in [6.45, 7) is 3.96. The van der Waals surface area contributed by atoms with Crippen molar-refractivity contribution in [2.75, 3.05) is 32.8 Å². The number of hydrogen-bond donors (Lipinski definition) is 5. The number of ether oxygens (including phenoxy) is 1. The molecule has 1 saturated heterocycles. The number of rotatable bonds is 27. The van der Waals surface area contributed by atoms with Crippen molar-refractivity contribution in [1.29, 1.82) is 0 Å². The van der Waals surface area contributed by atoms with Crippen molar-refractivity contribution in [2.24, 2.45) is 0 Å². The Morgan fingerprint density at radius 3 is 2.07 bits per heavy atom. The second-order valence-electron chi connectivity index (χ2n) is 13.3. The lowest BCUT2D eigenvalue weighted by Gasteiger charge is -2.24. The molecule has 1 aliphatic rings. The summed E-state index contributed by atoms with van der Waals surface area (Å²) in [7, 11) is -4.09. The molecule has 5 unspecified atom stereocenters. The molecule has 15 heteroatoms. The molecule has 0 saturated carbocycles. The number of aliphatic hydroxyl groups is 1. The quantitative estimate of drug-likeness (QED) is 0.0381. The summed E-state index contributed by atoms with van der Waals surface area (Å²) in [4.78, 5) is 38.0. The third kappa shape index (κ3) is 18.1. The van der Waals surface area contributed by atoms with Crippen molar-refractivity contribution in [3.63, 3.8) is 0 Å². The molecule has 1 aromatic carbocycles. The number of para-hydroxylation sites is 1. The summed E-state index contributed by atoms with van der Waals surface area (Å²) >= 11 is 0. The molecule has 0 aliphatic carbocycles. The highest BCUT2D eigenvalue weighted by molar-refractivity contribution is 7.52. The second kappa shape index (κ2) is 26.5. The zero-order chi connectivity index (χ0) is 41.2. The number of amides is 1. The van der Waals surface area contributed by atoms with Gasteiger partial charge in [0.25, 0.3) is 5.56 Å². The maximum Gasteiger partial charge on any atom is 0.458 e. The van der Waals surface area contributed by atoms with Crippen LogP contribution in [0.15, 0.2) is 125 Å². The van der Waals surface area contributed by atoms with Gasteiger partial charge in [-0.3, -0.25) is 23.7 Å². The van der Waals surface area contributed by atoms with E-state index >= 15 is 4.39 Å². The summed E-state index contributed by atoms with van der Waals surface area (Å²) in [6, 6.07) is 9.32. The number of aliphatic hydroxyl groups excluding tert-OH is 1. The molecular weight excluding hydrogens is 752 g/mol. The molecule has 5 N–H and O–H groups in total. The molecule has 0 bridgehead atoms. The number of carbonyl (C=O) groups is 1. The molecular formula is C42H59FN5O8P. The molecule has 312 valence electrons. The number of allylic oxidation sites excluding steroid dienone is 12. The summed E-state index contributed by atoms with van der Waals surface area (Å²) in [5, 5.41) is 19.5. The van der Waals surface area contributed by atoms with Crippen LogP contribution in [0.25, 0.3) is 0 Å². The van der Waals surface area contributed by atoms with Crippen LogP contribution in [-0.4, -0.2) is 71.2 Å². The Labute approximate surface area is 335 Å². The Morgan fingerprint density at radius 1 is 0.895 bits per heavy atom. The average Bonchev–Trinajstić information content (AvgIpc) is 3.41. The molecule has 1 fully saturated rings. The lowest BCUT2D eigenvalue weighted by atomic mass is 9.98. The van der Waals surface area contributed by atoms with Gasteiger partial charge in [-0.25, -0.2) is 18.8 Å². The molecule has 1 aromatic heterocycles. The maximum atomic E-state index is 15.6. The van der Waals surface area contributed by atoms with Crippen molar-refractivity contribution in [2.45, 2.75) is 89.3 Å². The van der Waals surface area contributed by atoms with E-state index in [9.17, 15) is 24.1 Å². The molecule has 5 atom stereocenters. The topological polar surface area (TPSA) is 173 Å². The van der Waals surface area contributed by atoms with Crippen LogP contribution in [0, 0.1) is 0 Å². The van der Waals surface area contributed by atoms with Gasteiger partial charge in [0.1, 0.15) is 18.0 Å². The number of nitrogens with one attached hydrogen (secondary N) is 4. The van der Waals surface area contributed by atoms with Crippen LogP contribution in [-0.2, 0) is 18.6 Å². The van der Waals surface area contributed by atoms with E-state index < -0.39 is 49.7 Å². The minimum absolute atomic E-state index is 0.0584. The zero-order valence-electron chi connectivity index (χ0n) is 33.0. The Morgan fingerprint density at radius 2 is 1.47 bits per heavy atom. The fourth-order valence-electron chi connectivity index (χ4n) is 5.50. The molecule has 2 aromatic rings. The SMILES string of the molecule is CCC=CCC=CCC=CCC=CCC=CCC=CCCC(=O)NCCNCCNP(=O)(OCC1OC(n2ccc(=O)[nH]c2=O)C(C)(F)C1O)Oc1ccccc1. The van der Waals surface area contributed by atoms with Crippen molar-refractivity contribution in [3.8, 4) is 5.75 Å². The van der Waals surface area contributed by atoms with E-state index in [1.54, 1.807) is 30.3 Å². The first-order valence-corrected chi connectivity index (χ1v) is 21.1. The van der Waals surface area contributed by atoms with Gasteiger partial charge in [0.15, 0.2) is 11.9 Å². The van der Waals surface area contributed by atoms with Gasteiger partial charge < -0.3 is 25.0 Å². The first kappa shape index (κ1) is 46.9. The number of H-pyrrole nitrogens is 1. The number of carbonyl (C=O) groups excluding carboxylic acids is 1. The normalized spacial score (nSPS) is 21.2. The highest BCUT2D eigenvalue weighted by Gasteiger charge is 2.55. The van der Waals surface area contributed by atoms with Gasteiger partial charge >= 0.3 is 13.4 Å². The monoisotopic (exact) mass is 811 g/mol. The molecule has 0 radical (unpaired) electrons. The van der Waals surface area contributed by atoms with Gasteiger partial charge in [0.05, 0.1) is 6.61 Å². The summed E-state index contributed by atoms with van der Waals surface area (Å²) < 4.78 is 47.1. The summed E-state index contributed by atoms with van der Waals surface area (Å²) in [6.07, 6.45) is 28.8. The van der Waals surface area contributed by atoms with E-state index in [4.69, 9.17) is 13.8 Å². The number of halogens is 1. The van der Waals surface area contributed by atoms with Crippen LogP contribution < -0.4 is 31.5 Å². The van der Waals surface area contributed by atoms with Crippen LogP contribution in [0.1, 0.15) is 71.4 Å². The fourth-order valence-corrected chi connectivity index (χ4v) is 6.83. The van der Waals surface area contributed by atoms with Crippen molar-refractivity contribution < 1.29 is 32.6 Å². The average molecular weight is 812 g/mol. The lowest BCUT2D eigenvalue weighted by molar-refractivity contribution is -0.120. The lowest BCUT2D eigenvalue weighted by Crippen LogP contribution is -2.43. The zero-order valence-corrected chi connectivity index (χ0v) is 33.9. The van der Waals surface area contributed by atoms with E-state index in [0.717, 1.165) is 62.3 Å². The van der Waals surface area contributed by atoms with Gasteiger partial charge in [-0.1, -0.05) is 98.0 Å². The second-order valence-corrected chi connectivity index (χ2v) is 15.1. The van der Waals surface area contributed by atoms with Crippen molar-refractivity contribution in [3.05, 3.63) is 136 Å². The van der Waals surface area contributed by atoms with Gasteiger partial charge in [0.2, 0.25) is 5.91 Å². The fraction of sp³-hybridized carbons (Fsp3) is 0.452. The van der Waals surface area contributed by atoms with Gasteiger partial charge in [0, 0.05) is 44.9 Å². The highest BCUT2D eigenvalue weighted by Crippen LogP contribution is 2.46. The van der Waals surface area contributed by atoms with E-state index in [2.05, 4.69) is 89.5 Å². The summed E-state index contributed by atoms with van der Waals surface area (Å²) in [5.41, 5.74) is -4.05. The number of nitrogens with zero attached hydrogens (tertiary/aromatic N) is 1. The number of hydrogen-bond acceptors (Lipinski definition) is 9. The first-order chi connectivity index (χ1) is 27.6. The molecule has 1 amide bonds. The molecule has 0 spiro atoms. The van der Waals surface area contributed by atoms with Crippen molar-refractivity contribution in [1.82, 2.24) is 25.3 Å². The van der Waals surface area contributed by atoms with Gasteiger partial charge in [-0.2, -0.15) is 0 Å². The number of aromatic nitrogens is 2. The Hall–Kier alpha value is -4.43. The Kier molecular flexibility index (Phi) is 21.8.